The van der Waals surface area contributed by atoms with E-state index >= 15 is 0 Å². The van der Waals surface area contributed by atoms with Crippen molar-refractivity contribution in [1.82, 2.24) is 9.55 Å². The van der Waals surface area contributed by atoms with Gasteiger partial charge in [-0.15, -0.1) is 0 Å². The first kappa shape index (κ1) is 15.7. The van der Waals surface area contributed by atoms with Gasteiger partial charge in [0.15, 0.2) is 5.16 Å². The van der Waals surface area contributed by atoms with Gasteiger partial charge in [-0.3, -0.25) is 4.57 Å². The summed E-state index contributed by atoms with van der Waals surface area (Å²) in [4.78, 5) is 4.51. The molecule has 2 nitrogen and oxygen atoms in total. The maximum absolute atomic E-state index is 13.7. The van der Waals surface area contributed by atoms with Crippen molar-refractivity contribution in [2.45, 2.75) is 18.6 Å². The highest BCUT2D eigenvalue weighted by atomic mass is 32.2. The fraction of sp³-hybridized carbons (Fsp3) is 0.167. The summed E-state index contributed by atoms with van der Waals surface area (Å²) in [5, 5.41) is 0.347. The van der Waals surface area contributed by atoms with Crippen LogP contribution in [-0.2, 0) is 0 Å². The number of rotatable bonds is 5. The number of imidazole rings is 1. The second-order valence-corrected chi connectivity index (χ2v) is 6.14. The molecule has 0 spiro atoms. The molecule has 1 aromatic heterocycles. The highest BCUT2D eigenvalue weighted by molar-refractivity contribution is 7.99. The molecule has 3 rings (SSSR count). The lowest BCUT2D eigenvalue weighted by molar-refractivity contribution is 0.0628. The van der Waals surface area contributed by atoms with Gasteiger partial charge in [0.2, 0.25) is 0 Å². The minimum Gasteiger partial charge on any atom is -0.260 e. The van der Waals surface area contributed by atoms with Gasteiger partial charge in [0.25, 0.3) is 0 Å². The summed E-state index contributed by atoms with van der Waals surface area (Å²) in [6.07, 6.45) is 0. The van der Waals surface area contributed by atoms with Crippen molar-refractivity contribution in [2.75, 3.05) is 5.75 Å². The van der Waals surface area contributed by atoms with Gasteiger partial charge in [-0.05, 0) is 5.75 Å². The van der Waals surface area contributed by atoms with Crippen molar-refractivity contribution in [1.29, 1.82) is 0 Å². The fourth-order valence-electron chi connectivity index (χ4n) is 2.49. The van der Waals surface area contributed by atoms with Crippen LogP contribution in [0.25, 0.3) is 22.5 Å². The van der Waals surface area contributed by atoms with Crippen molar-refractivity contribution in [3.05, 3.63) is 60.7 Å². The molecule has 0 aliphatic heterocycles. The highest BCUT2D eigenvalue weighted by Gasteiger charge is 2.24. The van der Waals surface area contributed by atoms with Crippen molar-refractivity contribution < 1.29 is 8.78 Å². The first-order valence-corrected chi connectivity index (χ1v) is 8.35. The molecule has 0 fully saturated rings. The van der Waals surface area contributed by atoms with E-state index in [1.165, 1.54) is 11.8 Å². The molecule has 23 heavy (non-hydrogen) atoms. The van der Waals surface area contributed by atoms with Crippen LogP contribution >= 0.6 is 11.8 Å². The maximum atomic E-state index is 13.7. The zero-order valence-corrected chi connectivity index (χ0v) is 13.4. The Morgan fingerprint density at radius 1 is 0.957 bits per heavy atom. The molecule has 0 atom stereocenters. The molecule has 118 valence electrons. The fourth-order valence-corrected chi connectivity index (χ4v) is 3.22. The molecular weight excluding hydrogens is 314 g/mol. The van der Waals surface area contributed by atoms with Gasteiger partial charge in [0.1, 0.15) is 0 Å². The molecule has 0 radical (unpaired) electrons. The first-order chi connectivity index (χ1) is 11.2. The standard InChI is InChI=1S/C18H16F2N2S/c1-2-23-18-21-15(13-9-5-3-6-10-13)16(22(18)17(19)20)14-11-7-4-8-12-14/h3-12,17H,2H2,1H3. The smallest absolute Gasteiger partial charge is 0.260 e. The monoisotopic (exact) mass is 330 g/mol. The quantitative estimate of drug-likeness (QED) is 0.556. The lowest BCUT2D eigenvalue weighted by atomic mass is 10.0. The predicted molar refractivity (Wildman–Crippen MR) is 90.8 cm³/mol. The van der Waals surface area contributed by atoms with Crippen LogP contribution in [0.15, 0.2) is 65.8 Å². The minimum atomic E-state index is -2.63. The Balaban J connectivity index is 2.28. The summed E-state index contributed by atoms with van der Waals surface area (Å²) in [5.74, 6) is 0.687. The Bertz CT molecular complexity index is 770. The van der Waals surface area contributed by atoms with Crippen LogP contribution in [-0.4, -0.2) is 15.3 Å². The highest BCUT2D eigenvalue weighted by Crippen LogP contribution is 2.38. The second-order valence-electron chi connectivity index (χ2n) is 4.90. The van der Waals surface area contributed by atoms with Gasteiger partial charge in [-0.25, -0.2) is 4.98 Å². The van der Waals surface area contributed by atoms with Gasteiger partial charge in [-0.1, -0.05) is 79.3 Å². The van der Waals surface area contributed by atoms with E-state index in [0.717, 1.165) is 15.7 Å². The molecule has 0 N–H and O–H groups in total. The van der Waals surface area contributed by atoms with Crippen molar-refractivity contribution >= 4 is 11.8 Å². The topological polar surface area (TPSA) is 17.8 Å². The van der Waals surface area contributed by atoms with Crippen molar-refractivity contribution in [3.8, 4) is 22.5 Å². The van der Waals surface area contributed by atoms with Crippen LogP contribution in [0.4, 0.5) is 8.78 Å². The van der Waals surface area contributed by atoms with E-state index in [4.69, 9.17) is 0 Å². The average Bonchev–Trinajstić information content (AvgIpc) is 2.96. The summed E-state index contributed by atoms with van der Waals surface area (Å²) in [6, 6.07) is 18.7. The molecule has 0 aliphatic carbocycles. The third-order valence-corrected chi connectivity index (χ3v) is 4.28. The van der Waals surface area contributed by atoms with Crippen LogP contribution in [0.1, 0.15) is 13.5 Å². The van der Waals surface area contributed by atoms with Gasteiger partial charge >= 0.3 is 6.55 Å². The van der Waals surface area contributed by atoms with E-state index < -0.39 is 6.55 Å². The predicted octanol–water partition coefficient (Wildman–Crippen LogP) is 5.72. The Morgan fingerprint density at radius 2 is 1.52 bits per heavy atom. The normalized spacial score (nSPS) is 11.1. The molecule has 0 aliphatic rings. The molecule has 0 amide bonds. The summed E-state index contributed by atoms with van der Waals surface area (Å²) >= 11 is 1.33. The van der Waals surface area contributed by atoms with Crippen molar-refractivity contribution in [2.24, 2.45) is 0 Å². The molecule has 2 aromatic carbocycles. The number of aromatic nitrogens is 2. The van der Waals surface area contributed by atoms with Crippen LogP contribution in [0.3, 0.4) is 0 Å². The summed E-state index contributed by atoms with van der Waals surface area (Å²) in [6.45, 7) is -0.705. The van der Waals surface area contributed by atoms with E-state index in [0.29, 0.717) is 22.3 Å². The summed E-state index contributed by atoms with van der Waals surface area (Å²) < 4.78 is 28.5. The SMILES string of the molecule is CCSc1nc(-c2ccccc2)c(-c2ccccc2)n1C(F)F. The molecule has 3 aromatic rings. The van der Waals surface area contributed by atoms with Gasteiger partial charge in [-0.2, -0.15) is 8.78 Å². The number of thioether (sulfide) groups is 1. The Morgan fingerprint density at radius 3 is 2.04 bits per heavy atom. The summed E-state index contributed by atoms with van der Waals surface area (Å²) in [7, 11) is 0. The first-order valence-electron chi connectivity index (χ1n) is 7.36. The van der Waals surface area contributed by atoms with E-state index in [1.54, 1.807) is 0 Å². The van der Waals surface area contributed by atoms with Crippen LogP contribution in [0.2, 0.25) is 0 Å². The molecular formula is C18H16F2N2S. The lowest BCUT2D eigenvalue weighted by Gasteiger charge is -2.11. The maximum Gasteiger partial charge on any atom is 0.321 e. The number of nitrogens with zero attached hydrogens (tertiary/aromatic N) is 2. The number of hydrogen-bond donors (Lipinski definition) is 0. The molecule has 0 bridgehead atoms. The Kier molecular flexibility index (Phi) is 4.76. The molecule has 0 unspecified atom stereocenters. The van der Waals surface area contributed by atoms with Crippen LogP contribution in [0.5, 0.6) is 0 Å². The molecule has 0 saturated heterocycles. The van der Waals surface area contributed by atoms with Crippen LogP contribution in [0, 0.1) is 0 Å². The molecule has 0 saturated carbocycles. The van der Waals surface area contributed by atoms with E-state index in [-0.39, 0.29) is 0 Å². The van der Waals surface area contributed by atoms with E-state index in [1.807, 2.05) is 67.6 Å². The van der Waals surface area contributed by atoms with Gasteiger partial charge in [0.05, 0.1) is 11.4 Å². The average molecular weight is 330 g/mol. The number of hydrogen-bond acceptors (Lipinski definition) is 2. The number of alkyl halides is 2. The van der Waals surface area contributed by atoms with E-state index in [9.17, 15) is 8.78 Å². The Labute approximate surface area is 138 Å². The Hall–Kier alpha value is -2.14. The third-order valence-electron chi connectivity index (χ3n) is 3.44. The van der Waals surface area contributed by atoms with E-state index in [2.05, 4.69) is 4.98 Å². The largest absolute Gasteiger partial charge is 0.321 e. The second kappa shape index (κ2) is 6.96. The molecule has 1 heterocycles. The number of benzene rings is 2. The van der Waals surface area contributed by atoms with Gasteiger partial charge in [0, 0.05) is 11.1 Å². The van der Waals surface area contributed by atoms with Crippen LogP contribution < -0.4 is 0 Å². The summed E-state index contributed by atoms with van der Waals surface area (Å²) in [5.41, 5.74) is 2.63. The van der Waals surface area contributed by atoms with Gasteiger partial charge < -0.3 is 0 Å². The van der Waals surface area contributed by atoms with Crippen molar-refractivity contribution in [3.63, 3.8) is 0 Å². The third kappa shape index (κ3) is 3.15. The zero-order chi connectivity index (χ0) is 16.2. The minimum absolute atomic E-state index is 0.347. The molecule has 5 heteroatoms. The zero-order valence-electron chi connectivity index (χ0n) is 12.6. The lowest BCUT2D eigenvalue weighted by Crippen LogP contribution is -2.02. The number of halogens is 2.